The van der Waals surface area contributed by atoms with Crippen LogP contribution in [0, 0.1) is 0 Å². The van der Waals surface area contributed by atoms with Crippen LogP contribution in [0.5, 0.6) is 0 Å². The van der Waals surface area contributed by atoms with Crippen LogP contribution in [0.15, 0.2) is 291 Å². The standard InChI is InChI=1S/C71H48N2/c1-7-23-49(24-8-1)58-46-62(55-33-21-31-53(43-55)54-32-22-34-57(44-54)68-48-67(50-25-9-2-10-26-50)72-70(73-68)52-29-13-4-14-30-52)69(51-27-11-3-12-28-51)63(47-58)56-41-42-66-64(45-56)61-39-19-20-40-65(61)71(66,59-35-15-5-16-36-59)60-37-17-6-18-38-60/h1-48H. The molecular formula is C71H48N2. The smallest absolute Gasteiger partial charge is 0.160 e. The van der Waals surface area contributed by atoms with Crippen molar-refractivity contribution in [2.45, 2.75) is 5.41 Å². The number of benzene rings is 11. The molecule has 73 heavy (non-hydrogen) atoms. The van der Waals surface area contributed by atoms with Crippen molar-refractivity contribution >= 4 is 0 Å². The van der Waals surface area contributed by atoms with Crippen LogP contribution >= 0.6 is 0 Å². The highest BCUT2D eigenvalue weighted by atomic mass is 14.9. The van der Waals surface area contributed by atoms with Gasteiger partial charge >= 0.3 is 0 Å². The van der Waals surface area contributed by atoms with Gasteiger partial charge in [0, 0.05) is 16.7 Å². The van der Waals surface area contributed by atoms with E-state index >= 15 is 0 Å². The average Bonchev–Trinajstić information content (AvgIpc) is 3.79. The van der Waals surface area contributed by atoms with Crippen molar-refractivity contribution < 1.29 is 0 Å². The minimum atomic E-state index is -0.480. The fraction of sp³-hybridized carbons (Fsp3) is 0.0141. The van der Waals surface area contributed by atoms with Crippen LogP contribution in [-0.4, -0.2) is 9.97 Å². The molecule has 1 aliphatic rings. The normalized spacial score (nSPS) is 12.2. The summed E-state index contributed by atoms with van der Waals surface area (Å²) >= 11 is 0. The van der Waals surface area contributed by atoms with Gasteiger partial charge in [-0.15, -0.1) is 0 Å². The van der Waals surface area contributed by atoms with Crippen LogP contribution < -0.4 is 0 Å². The summed E-state index contributed by atoms with van der Waals surface area (Å²) in [5.74, 6) is 0.700. The minimum absolute atomic E-state index is 0.480. The Hall–Kier alpha value is -9.50. The molecule has 0 bridgehead atoms. The Bertz CT molecular complexity index is 3830. The molecule has 0 saturated heterocycles. The molecule has 2 nitrogen and oxygen atoms in total. The predicted octanol–water partition coefficient (Wildman–Crippen LogP) is 18.2. The number of hydrogen-bond acceptors (Lipinski definition) is 2. The van der Waals surface area contributed by atoms with E-state index in [0.717, 1.165) is 55.9 Å². The summed E-state index contributed by atoms with van der Waals surface area (Å²) in [6.07, 6.45) is 0. The average molecular weight is 929 g/mol. The van der Waals surface area contributed by atoms with E-state index in [4.69, 9.17) is 9.97 Å². The lowest BCUT2D eigenvalue weighted by molar-refractivity contribution is 0.768. The Kier molecular flexibility index (Phi) is 11.1. The quantitative estimate of drug-likeness (QED) is 0.137. The first kappa shape index (κ1) is 43.5. The molecule has 0 unspecified atom stereocenters. The Balaban J connectivity index is 0.992. The first-order chi connectivity index (χ1) is 36.2. The maximum atomic E-state index is 5.18. The van der Waals surface area contributed by atoms with E-state index in [0.29, 0.717) is 5.82 Å². The molecule has 0 atom stereocenters. The monoisotopic (exact) mass is 928 g/mol. The summed E-state index contributed by atoms with van der Waals surface area (Å²) in [5, 5.41) is 0. The summed E-state index contributed by atoms with van der Waals surface area (Å²) in [7, 11) is 0. The minimum Gasteiger partial charge on any atom is -0.228 e. The molecule has 0 N–H and O–H groups in total. The van der Waals surface area contributed by atoms with Crippen LogP contribution in [0.2, 0.25) is 0 Å². The topological polar surface area (TPSA) is 25.8 Å². The van der Waals surface area contributed by atoms with Crippen molar-refractivity contribution in [3.63, 3.8) is 0 Å². The van der Waals surface area contributed by atoms with Gasteiger partial charge in [0.2, 0.25) is 0 Å². The lowest BCUT2D eigenvalue weighted by Crippen LogP contribution is -2.28. The van der Waals surface area contributed by atoms with Gasteiger partial charge < -0.3 is 0 Å². The molecule has 12 aromatic rings. The van der Waals surface area contributed by atoms with Gasteiger partial charge in [0.15, 0.2) is 5.82 Å². The summed E-state index contributed by atoms with van der Waals surface area (Å²) < 4.78 is 0. The second-order valence-electron chi connectivity index (χ2n) is 18.8. The molecule has 0 spiro atoms. The third-order valence-electron chi connectivity index (χ3n) is 14.6. The molecule has 13 rings (SSSR count). The Morgan fingerprint density at radius 1 is 0.219 bits per heavy atom. The lowest BCUT2D eigenvalue weighted by atomic mass is 9.67. The molecule has 0 amide bonds. The SMILES string of the molecule is c1ccc(-c2cc(-c3cccc(-c4cccc(-c5cc(-c6ccccc6)nc(-c6ccccc6)n5)c4)c3)c(-c3ccccc3)c(-c3ccc4c(c3)-c3ccccc3C4(c3ccccc3)c3ccccc3)c2)cc1. The first-order valence-electron chi connectivity index (χ1n) is 25.0. The summed E-state index contributed by atoms with van der Waals surface area (Å²) in [6, 6.07) is 105. The van der Waals surface area contributed by atoms with E-state index < -0.39 is 5.41 Å². The molecule has 1 aromatic heterocycles. The summed E-state index contributed by atoms with van der Waals surface area (Å²) in [5.41, 5.74) is 23.5. The van der Waals surface area contributed by atoms with Gasteiger partial charge in [0.1, 0.15) is 0 Å². The second-order valence-corrected chi connectivity index (χ2v) is 18.8. The number of hydrogen-bond donors (Lipinski definition) is 0. The molecule has 1 heterocycles. The molecule has 11 aromatic carbocycles. The maximum absolute atomic E-state index is 5.18. The van der Waals surface area contributed by atoms with E-state index in [1.807, 2.05) is 24.3 Å². The first-order valence-corrected chi connectivity index (χ1v) is 25.0. The van der Waals surface area contributed by atoms with Crippen LogP contribution in [-0.2, 0) is 5.41 Å². The molecule has 342 valence electrons. The molecule has 0 radical (unpaired) electrons. The Morgan fingerprint density at radius 3 is 1.23 bits per heavy atom. The third-order valence-corrected chi connectivity index (χ3v) is 14.6. The fourth-order valence-corrected chi connectivity index (χ4v) is 11.2. The zero-order valence-electron chi connectivity index (χ0n) is 40.1. The van der Waals surface area contributed by atoms with Crippen molar-refractivity contribution in [2.24, 2.45) is 0 Å². The second kappa shape index (κ2) is 18.7. The largest absolute Gasteiger partial charge is 0.228 e. The zero-order chi connectivity index (χ0) is 48.6. The molecule has 1 aliphatic carbocycles. The van der Waals surface area contributed by atoms with Crippen LogP contribution in [0.4, 0.5) is 0 Å². The Morgan fingerprint density at radius 2 is 0.630 bits per heavy atom. The van der Waals surface area contributed by atoms with Gasteiger partial charge in [-0.25, -0.2) is 9.97 Å². The van der Waals surface area contributed by atoms with Crippen LogP contribution in [0.3, 0.4) is 0 Å². The summed E-state index contributed by atoms with van der Waals surface area (Å²) in [4.78, 5) is 10.2. The van der Waals surface area contributed by atoms with Crippen LogP contribution in [0.1, 0.15) is 22.3 Å². The van der Waals surface area contributed by atoms with Crippen molar-refractivity contribution in [1.29, 1.82) is 0 Å². The van der Waals surface area contributed by atoms with Gasteiger partial charge in [0.25, 0.3) is 0 Å². The fourth-order valence-electron chi connectivity index (χ4n) is 11.2. The summed E-state index contributed by atoms with van der Waals surface area (Å²) in [6.45, 7) is 0. The van der Waals surface area contributed by atoms with Gasteiger partial charge in [-0.3, -0.25) is 0 Å². The van der Waals surface area contributed by atoms with Gasteiger partial charge in [-0.05, 0) is 125 Å². The van der Waals surface area contributed by atoms with E-state index in [1.54, 1.807) is 0 Å². The zero-order valence-corrected chi connectivity index (χ0v) is 40.1. The number of aromatic nitrogens is 2. The van der Waals surface area contributed by atoms with E-state index in [9.17, 15) is 0 Å². The highest BCUT2D eigenvalue weighted by Gasteiger charge is 2.46. The molecule has 0 saturated carbocycles. The van der Waals surface area contributed by atoms with Crippen LogP contribution in [0.25, 0.3) is 101 Å². The van der Waals surface area contributed by atoms with E-state index in [-0.39, 0.29) is 0 Å². The van der Waals surface area contributed by atoms with Crippen molar-refractivity contribution in [2.75, 3.05) is 0 Å². The lowest BCUT2D eigenvalue weighted by Gasteiger charge is -2.34. The number of rotatable bonds is 10. The van der Waals surface area contributed by atoms with Gasteiger partial charge in [-0.2, -0.15) is 0 Å². The molecular weight excluding hydrogens is 881 g/mol. The molecule has 0 aliphatic heterocycles. The van der Waals surface area contributed by atoms with Crippen molar-refractivity contribution in [1.82, 2.24) is 9.97 Å². The van der Waals surface area contributed by atoms with E-state index in [2.05, 4.69) is 267 Å². The maximum Gasteiger partial charge on any atom is 0.160 e. The predicted molar refractivity (Wildman–Crippen MR) is 303 cm³/mol. The van der Waals surface area contributed by atoms with E-state index in [1.165, 1.54) is 61.2 Å². The number of fused-ring (bicyclic) bond motifs is 3. The van der Waals surface area contributed by atoms with Gasteiger partial charge in [0.05, 0.1) is 16.8 Å². The van der Waals surface area contributed by atoms with Gasteiger partial charge in [-0.1, -0.05) is 255 Å². The highest BCUT2D eigenvalue weighted by Crippen LogP contribution is 2.57. The highest BCUT2D eigenvalue weighted by molar-refractivity contribution is 6.00. The Labute approximate surface area is 427 Å². The molecule has 0 fully saturated rings. The third kappa shape index (κ3) is 7.87. The van der Waals surface area contributed by atoms with Crippen molar-refractivity contribution in [3.8, 4) is 101 Å². The number of nitrogens with zero attached hydrogens (tertiary/aromatic N) is 2. The van der Waals surface area contributed by atoms with Crippen molar-refractivity contribution in [3.05, 3.63) is 313 Å². The molecule has 2 heteroatoms.